The summed E-state index contributed by atoms with van der Waals surface area (Å²) in [5.74, 6) is 0.888. The number of carboxylic acids is 1. The Morgan fingerprint density at radius 2 is 1.96 bits per heavy atom. The Morgan fingerprint density at radius 3 is 2.50 bits per heavy atom. The summed E-state index contributed by atoms with van der Waals surface area (Å²) in [5.41, 5.74) is 2.69. The normalized spacial score (nSPS) is 37.6. The Morgan fingerprint density at radius 1 is 1.25 bits per heavy atom. The Bertz CT molecular complexity index is 622. The predicted molar refractivity (Wildman–Crippen MR) is 113 cm³/mol. The Balaban J connectivity index is 0.000000320. The van der Waals surface area contributed by atoms with E-state index in [0.717, 1.165) is 45.6 Å². The lowest BCUT2D eigenvalue weighted by atomic mass is 9.47. The van der Waals surface area contributed by atoms with E-state index in [-0.39, 0.29) is 11.3 Å². The van der Waals surface area contributed by atoms with Crippen LogP contribution in [0, 0.1) is 28.6 Å². The van der Waals surface area contributed by atoms with Crippen molar-refractivity contribution >= 4 is 5.97 Å². The molecule has 0 aromatic carbocycles. The van der Waals surface area contributed by atoms with E-state index < -0.39 is 11.4 Å². The molecule has 0 bridgehead atoms. The quantitative estimate of drug-likeness (QED) is 0.711. The molecule has 4 atom stereocenters. The average molecular weight is 390 g/mol. The monoisotopic (exact) mass is 389 g/mol. The second-order valence-corrected chi connectivity index (χ2v) is 9.90. The van der Waals surface area contributed by atoms with Gasteiger partial charge in [0.15, 0.2) is 0 Å². The number of fused-ring (bicyclic) bond motifs is 3. The van der Waals surface area contributed by atoms with E-state index in [4.69, 9.17) is 4.74 Å². The summed E-state index contributed by atoms with van der Waals surface area (Å²) in [4.78, 5) is 11.9. The van der Waals surface area contributed by atoms with Gasteiger partial charge in [0.1, 0.15) is 0 Å². The van der Waals surface area contributed by atoms with Gasteiger partial charge in [0.2, 0.25) is 0 Å². The van der Waals surface area contributed by atoms with Gasteiger partial charge in [-0.25, -0.2) is 0 Å². The lowest BCUT2D eigenvalue weighted by molar-refractivity contribution is -0.162. The molecule has 2 fully saturated rings. The number of nitrogens with one attached hydrogen (secondary N) is 1. The fourth-order valence-electron chi connectivity index (χ4n) is 6.12. The molecule has 1 aliphatic heterocycles. The topological polar surface area (TPSA) is 58.6 Å². The number of carbonyl (C=O) groups is 1. The molecular formula is C24H39NO3. The zero-order valence-electron chi connectivity index (χ0n) is 18.2. The van der Waals surface area contributed by atoms with Gasteiger partial charge in [-0.15, -0.1) is 0 Å². The van der Waals surface area contributed by atoms with E-state index in [1.165, 1.54) is 24.8 Å². The first kappa shape index (κ1) is 21.6. The number of aliphatic carboxylic acids is 1. The van der Waals surface area contributed by atoms with Crippen molar-refractivity contribution in [2.75, 3.05) is 26.3 Å². The van der Waals surface area contributed by atoms with Crippen LogP contribution in [0.2, 0.25) is 0 Å². The summed E-state index contributed by atoms with van der Waals surface area (Å²) in [7, 11) is 0. The maximum Gasteiger partial charge on any atom is 0.309 e. The first-order valence-corrected chi connectivity index (χ1v) is 11.2. The van der Waals surface area contributed by atoms with E-state index >= 15 is 0 Å². The molecule has 4 rings (SSSR count). The minimum Gasteiger partial charge on any atom is -0.481 e. The van der Waals surface area contributed by atoms with E-state index in [0.29, 0.717) is 11.8 Å². The maximum atomic E-state index is 11.9. The maximum absolute atomic E-state index is 11.9. The number of allylic oxidation sites excluding steroid dienone is 4. The summed E-state index contributed by atoms with van der Waals surface area (Å²) >= 11 is 0. The molecule has 1 saturated carbocycles. The first-order valence-electron chi connectivity index (χ1n) is 11.2. The number of hydrogen-bond acceptors (Lipinski definition) is 3. The molecule has 0 aromatic heterocycles. The number of rotatable bonds is 2. The van der Waals surface area contributed by atoms with Gasteiger partial charge in [0.05, 0.1) is 18.6 Å². The molecule has 0 unspecified atom stereocenters. The van der Waals surface area contributed by atoms with E-state index in [1.807, 2.05) is 6.92 Å². The molecule has 0 spiro atoms. The van der Waals surface area contributed by atoms with Crippen LogP contribution in [0.5, 0.6) is 0 Å². The summed E-state index contributed by atoms with van der Waals surface area (Å²) in [5, 5.41) is 13.0. The van der Waals surface area contributed by atoms with Gasteiger partial charge in [-0.3, -0.25) is 4.79 Å². The zero-order valence-corrected chi connectivity index (χ0v) is 18.2. The summed E-state index contributed by atoms with van der Waals surface area (Å²) in [6.45, 7) is 12.8. The van der Waals surface area contributed by atoms with Crippen molar-refractivity contribution < 1.29 is 14.6 Å². The number of ether oxygens (including phenoxy) is 1. The highest BCUT2D eigenvalue weighted by molar-refractivity contribution is 5.75. The number of morpholine rings is 1. The molecule has 1 heterocycles. The van der Waals surface area contributed by atoms with Crippen LogP contribution in [0.1, 0.15) is 66.2 Å². The highest BCUT2D eigenvalue weighted by Crippen LogP contribution is 2.62. The SMILES string of the molecule is C1COCCN1.CC(C)C1=CC2=CC[C@@H]3[C@](C)(CCC[C@@]3(C)C(=O)O)[C@H]2CC1. The molecule has 2 N–H and O–H groups in total. The van der Waals surface area contributed by atoms with Crippen LogP contribution < -0.4 is 5.32 Å². The zero-order chi connectivity index (χ0) is 20.4. The van der Waals surface area contributed by atoms with Crippen molar-refractivity contribution in [1.82, 2.24) is 5.32 Å². The smallest absolute Gasteiger partial charge is 0.309 e. The second kappa shape index (κ2) is 8.71. The van der Waals surface area contributed by atoms with Crippen molar-refractivity contribution in [2.45, 2.75) is 66.2 Å². The van der Waals surface area contributed by atoms with Gasteiger partial charge in [0, 0.05) is 13.1 Å². The van der Waals surface area contributed by atoms with Crippen LogP contribution in [-0.4, -0.2) is 37.4 Å². The van der Waals surface area contributed by atoms with Crippen molar-refractivity contribution in [3.8, 4) is 0 Å². The molecule has 0 radical (unpaired) electrons. The van der Waals surface area contributed by atoms with Gasteiger partial charge in [0.25, 0.3) is 0 Å². The molecule has 4 aliphatic rings. The van der Waals surface area contributed by atoms with Crippen molar-refractivity contribution in [3.63, 3.8) is 0 Å². The van der Waals surface area contributed by atoms with Gasteiger partial charge in [-0.05, 0) is 67.8 Å². The minimum absolute atomic E-state index is 0.161. The average Bonchev–Trinajstić information content (AvgIpc) is 2.69. The molecule has 3 aliphatic carbocycles. The van der Waals surface area contributed by atoms with E-state index in [9.17, 15) is 9.90 Å². The lowest BCUT2D eigenvalue weighted by Crippen LogP contribution is -2.53. The van der Waals surface area contributed by atoms with Gasteiger partial charge >= 0.3 is 5.97 Å². The highest BCUT2D eigenvalue weighted by atomic mass is 16.5. The number of hydrogen-bond donors (Lipinski definition) is 2. The Kier molecular flexibility index (Phi) is 6.71. The van der Waals surface area contributed by atoms with Crippen LogP contribution in [-0.2, 0) is 9.53 Å². The second-order valence-electron chi connectivity index (χ2n) is 9.90. The van der Waals surface area contributed by atoms with Crippen molar-refractivity contribution in [1.29, 1.82) is 0 Å². The first-order chi connectivity index (χ1) is 13.3. The molecule has 1 saturated heterocycles. The van der Waals surface area contributed by atoms with Gasteiger partial charge in [-0.1, -0.05) is 44.9 Å². The van der Waals surface area contributed by atoms with Gasteiger partial charge in [-0.2, -0.15) is 0 Å². The van der Waals surface area contributed by atoms with E-state index in [1.54, 1.807) is 5.57 Å². The Hall–Kier alpha value is -1.13. The third-order valence-electron chi connectivity index (χ3n) is 7.91. The summed E-state index contributed by atoms with van der Waals surface area (Å²) in [6, 6.07) is 0. The predicted octanol–water partition coefficient (Wildman–Crippen LogP) is 4.81. The van der Waals surface area contributed by atoms with Crippen LogP contribution in [0.25, 0.3) is 0 Å². The highest BCUT2D eigenvalue weighted by Gasteiger charge is 2.57. The molecular weight excluding hydrogens is 350 g/mol. The summed E-state index contributed by atoms with van der Waals surface area (Å²) in [6.07, 6.45) is 11.2. The van der Waals surface area contributed by atoms with Crippen LogP contribution in [0.15, 0.2) is 23.3 Å². The van der Waals surface area contributed by atoms with Crippen LogP contribution >= 0.6 is 0 Å². The molecule has 4 nitrogen and oxygen atoms in total. The fraction of sp³-hybridized carbons (Fsp3) is 0.792. The van der Waals surface area contributed by atoms with Crippen molar-refractivity contribution in [2.24, 2.45) is 28.6 Å². The molecule has 0 aromatic rings. The lowest BCUT2D eigenvalue weighted by Gasteiger charge is -2.57. The van der Waals surface area contributed by atoms with Crippen LogP contribution in [0.3, 0.4) is 0 Å². The third-order valence-corrected chi connectivity index (χ3v) is 7.91. The van der Waals surface area contributed by atoms with E-state index in [2.05, 4.69) is 38.2 Å². The largest absolute Gasteiger partial charge is 0.481 e. The molecule has 28 heavy (non-hydrogen) atoms. The van der Waals surface area contributed by atoms with Crippen LogP contribution in [0.4, 0.5) is 0 Å². The standard InChI is InChI=1S/C20H30O2.C4H9NO/c1-13(2)14-6-8-16-15(12-14)7-9-17-19(16,3)10-5-11-20(17,4)18(21)22;1-3-6-4-2-5-1/h7,12-13,16-17H,5-6,8-11H2,1-4H3,(H,21,22);5H,1-4H2/t16-,17+,19+,20+;/m0./s1. The number of carboxylic acid groups (broad SMARTS) is 1. The fourth-order valence-corrected chi connectivity index (χ4v) is 6.12. The minimum atomic E-state index is -0.588. The summed E-state index contributed by atoms with van der Waals surface area (Å²) < 4.78 is 5.01. The Labute approximate surface area is 170 Å². The third kappa shape index (κ3) is 4.09. The molecule has 4 heteroatoms. The molecule has 0 amide bonds. The van der Waals surface area contributed by atoms with Crippen molar-refractivity contribution in [3.05, 3.63) is 23.3 Å². The van der Waals surface area contributed by atoms with Gasteiger partial charge < -0.3 is 15.2 Å². The molecule has 158 valence electrons.